The number of aromatic nitrogens is 4. The van der Waals surface area contributed by atoms with Crippen LogP contribution in [0.25, 0.3) is 5.65 Å². The molecule has 0 radical (unpaired) electrons. The van der Waals surface area contributed by atoms with Crippen molar-refractivity contribution in [1.82, 2.24) is 24.7 Å². The minimum Gasteiger partial charge on any atom is -0.344 e. The molecule has 3 heterocycles. The van der Waals surface area contributed by atoms with Crippen LogP contribution in [0, 0.1) is 5.82 Å². The van der Waals surface area contributed by atoms with Gasteiger partial charge < -0.3 is 9.80 Å². The maximum Gasteiger partial charge on any atom is 0.242 e. The number of hydrogen-bond acceptors (Lipinski definition) is 5. The van der Waals surface area contributed by atoms with E-state index < -0.39 is 0 Å². The third-order valence-corrected chi connectivity index (χ3v) is 4.82. The Hall–Kier alpha value is -3.03. The lowest BCUT2D eigenvalue weighted by molar-refractivity contribution is -0.131. The predicted molar refractivity (Wildman–Crippen MR) is 104 cm³/mol. The molecular formula is C20H23FN6O. The maximum atomic E-state index is 13.4. The molecule has 0 saturated carbocycles. The van der Waals surface area contributed by atoms with E-state index in [1.54, 1.807) is 15.5 Å². The van der Waals surface area contributed by atoms with E-state index in [2.05, 4.69) is 36.1 Å². The van der Waals surface area contributed by atoms with Crippen LogP contribution in [0.4, 0.5) is 10.2 Å². The number of anilines is 1. The van der Waals surface area contributed by atoms with Crippen LogP contribution in [0.3, 0.4) is 0 Å². The van der Waals surface area contributed by atoms with Gasteiger partial charge in [0, 0.05) is 25.0 Å². The van der Waals surface area contributed by atoms with Crippen molar-refractivity contribution in [3.8, 4) is 0 Å². The minimum absolute atomic E-state index is 0.00258. The fourth-order valence-electron chi connectivity index (χ4n) is 3.34. The van der Waals surface area contributed by atoms with Crippen LogP contribution >= 0.6 is 0 Å². The number of amides is 1. The highest BCUT2D eigenvalue weighted by Crippen LogP contribution is 2.22. The van der Waals surface area contributed by atoms with Gasteiger partial charge in [-0.1, -0.05) is 32.9 Å². The lowest BCUT2D eigenvalue weighted by Crippen LogP contribution is -2.50. The van der Waals surface area contributed by atoms with Crippen LogP contribution in [-0.2, 0) is 16.8 Å². The van der Waals surface area contributed by atoms with Crippen LogP contribution in [-0.4, -0.2) is 50.3 Å². The molecule has 1 fully saturated rings. The molecule has 1 saturated heterocycles. The molecule has 146 valence electrons. The lowest BCUT2D eigenvalue weighted by atomic mass is 9.96. The Balaban J connectivity index is 1.52. The van der Waals surface area contributed by atoms with E-state index in [0.29, 0.717) is 25.3 Å². The Labute approximate surface area is 162 Å². The van der Waals surface area contributed by atoms with Gasteiger partial charge in [0.1, 0.15) is 11.6 Å². The Morgan fingerprint density at radius 3 is 2.64 bits per heavy atom. The molecule has 1 aliphatic heterocycles. The molecule has 0 unspecified atom stereocenters. The van der Waals surface area contributed by atoms with E-state index in [1.807, 2.05) is 23.1 Å². The SMILES string of the molecule is CC(C)(C)c1nnc2ccc(N3CCN(Cc4cccc(F)c4)C(=O)C3)nn12. The first-order valence-corrected chi connectivity index (χ1v) is 9.31. The number of rotatable bonds is 3. The molecule has 0 N–H and O–H groups in total. The van der Waals surface area contributed by atoms with E-state index in [0.717, 1.165) is 17.2 Å². The molecule has 3 aromatic rings. The average molecular weight is 382 g/mol. The van der Waals surface area contributed by atoms with Crippen LogP contribution in [0.15, 0.2) is 36.4 Å². The summed E-state index contributed by atoms with van der Waals surface area (Å²) in [5, 5.41) is 13.1. The number of halogens is 1. The van der Waals surface area contributed by atoms with Crippen molar-refractivity contribution in [2.24, 2.45) is 0 Å². The van der Waals surface area contributed by atoms with Crippen LogP contribution in [0.1, 0.15) is 32.2 Å². The quantitative estimate of drug-likeness (QED) is 0.696. The van der Waals surface area contributed by atoms with Crippen molar-refractivity contribution in [2.45, 2.75) is 32.7 Å². The van der Waals surface area contributed by atoms with E-state index in [4.69, 9.17) is 0 Å². The second-order valence-corrected chi connectivity index (χ2v) is 8.10. The average Bonchev–Trinajstić information content (AvgIpc) is 3.07. The highest BCUT2D eigenvalue weighted by molar-refractivity contribution is 5.82. The van der Waals surface area contributed by atoms with Crippen LogP contribution in [0.5, 0.6) is 0 Å². The third-order valence-electron chi connectivity index (χ3n) is 4.82. The summed E-state index contributed by atoms with van der Waals surface area (Å²) in [5.41, 5.74) is 1.29. The topological polar surface area (TPSA) is 66.6 Å². The largest absolute Gasteiger partial charge is 0.344 e. The summed E-state index contributed by atoms with van der Waals surface area (Å²) in [4.78, 5) is 16.3. The van der Waals surface area contributed by atoms with E-state index in [-0.39, 0.29) is 23.7 Å². The number of fused-ring (bicyclic) bond motifs is 1. The van der Waals surface area contributed by atoms with Crippen molar-refractivity contribution in [3.63, 3.8) is 0 Å². The number of carbonyl (C=O) groups excluding carboxylic acids is 1. The predicted octanol–water partition coefficient (Wildman–Crippen LogP) is 2.41. The molecule has 0 spiro atoms. The smallest absolute Gasteiger partial charge is 0.242 e. The van der Waals surface area contributed by atoms with Gasteiger partial charge in [-0.2, -0.15) is 4.52 Å². The second-order valence-electron chi connectivity index (χ2n) is 8.10. The first-order valence-electron chi connectivity index (χ1n) is 9.31. The molecule has 1 aromatic carbocycles. The van der Waals surface area contributed by atoms with Gasteiger partial charge >= 0.3 is 0 Å². The standard InChI is InChI=1S/C20H23FN6O/c1-20(2,3)19-23-22-16-7-8-17(24-27(16)19)25-9-10-26(18(28)13-25)12-14-5-4-6-15(21)11-14/h4-8,11H,9-10,12-13H2,1-3H3. The lowest BCUT2D eigenvalue weighted by Gasteiger charge is -2.35. The summed E-state index contributed by atoms with van der Waals surface area (Å²) >= 11 is 0. The van der Waals surface area contributed by atoms with Crippen LogP contribution in [0.2, 0.25) is 0 Å². The van der Waals surface area contributed by atoms with Crippen LogP contribution < -0.4 is 4.90 Å². The molecule has 28 heavy (non-hydrogen) atoms. The van der Waals surface area contributed by atoms with Crippen molar-refractivity contribution >= 4 is 17.4 Å². The summed E-state index contributed by atoms with van der Waals surface area (Å²) in [5.74, 6) is 1.21. The van der Waals surface area contributed by atoms with E-state index in [9.17, 15) is 9.18 Å². The van der Waals surface area contributed by atoms with Gasteiger partial charge in [-0.15, -0.1) is 15.3 Å². The molecule has 1 amide bonds. The highest BCUT2D eigenvalue weighted by atomic mass is 19.1. The molecule has 1 aliphatic rings. The van der Waals surface area contributed by atoms with Crippen molar-refractivity contribution in [1.29, 1.82) is 0 Å². The number of piperazine rings is 1. The molecule has 0 aliphatic carbocycles. The minimum atomic E-state index is -0.287. The van der Waals surface area contributed by atoms with Gasteiger partial charge in [0.15, 0.2) is 11.5 Å². The zero-order valence-electron chi connectivity index (χ0n) is 16.3. The van der Waals surface area contributed by atoms with Gasteiger partial charge in [0.25, 0.3) is 0 Å². The number of benzene rings is 1. The Kier molecular flexibility index (Phi) is 4.49. The number of carbonyl (C=O) groups is 1. The Morgan fingerprint density at radius 1 is 1.11 bits per heavy atom. The first kappa shape index (κ1) is 18.3. The summed E-state index contributed by atoms with van der Waals surface area (Å²) < 4.78 is 15.1. The normalized spacial score (nSPS) is 15.5. The zero-order chi connectivity index (χ0) is 19.9. The molecule has 8 heteroatoms. The van der Waals surface area contributed by atoms with Crippen molar-refractivity contribution < 1.29 is 9.18 Å². The van der Waals surface area contributed by atoms with Gasteiger partial charge in [-0.05, 0) is 29.8 Å². The van der Waals surface area contributed by atoms with Crippen molar-refractivity contribution in [3.05, 3.63) is 53.6 Å². The molecule has 4 rings (SSSR count). The molecule has 2 aromatic heterocycles. The summed E-state index contributed by atoms with van der Waals surface area (Å²) in [6.45, 7) is 8.05. The maximum absolute atomic E-state index is 13.4. The van der Waals surface area contributed by atoms with Crippen molar-refractivity contribution in [2.75, 3.05) is 24.5 Å². The summed E-state index contributed by atoms with van der Waals surface area (Å²) in [7, 11) is 0. The van der Waals surface area contributed by atoms with Gasteiger partial charge in [-0.25, -0.2) is 4.39 Å². The number of nitrogens with zero attached hydrogens (tertiary/aromatic N) is 6. The van der Waals surface area contributed by atoms with E-state index in [1.165, 1.54) is 12.1 Å². The molecule has 0 bridgehead atoms. The molecule has 7 nitrogen and oxygen atoms in total. The monoisotopic (exact) mass is 382 g/mol. The fourth-order valence-corrected chi connectivity index (χ4v) is 3.34. The third kappa shape index (κ3) is 3.54. The Morgan fingerprint density at radius 2 is 1.93 bits per heavy atom. The van der Waals surface area contributed by atoms with Gasteiger partial charge in [0.05, 0.1) is 6.54 Å². The van der Waals surface area contributed by atoms with E-state index >= 15 is 0 Å². The van der Waals surface area contributed by atoms with Gasteiger partial charge in [0.2, 0.25) is 5.91 Å². The summed E-state index contributed by atoms with van der Waals surface area (Å²) in [6, 6.07) is 10.1. The highest BCUT2D eigenvalue weighted by Gasteiger charge is 2.27. The zero-order valence-corrected chi connectivity index (χ0v) is 16.3. The summed E-state index contributed by atoms with van der Waals surface area (Å²) in [6.07, 6.45) is 0. The molecular weight excluding hydrogens is 359 g/mol. The van der Waals surface area contributed by atoms with Gasteiger partial charge in [-0.3, -0.25) is 4.79 Å². The second kappa shape index (κ2) is 6.85. The first-order chi connectivity index (χ1) is 13.3. The molecule has 0 atom stereocenters. The number of hydrogen-bond donors (Lipinski definition) is 0. The Bertz CT molecular complexity index is 1020. The fraction of sp³-hybridized carbons (Fsp3) is 0.400.